The van der Waals surface area contributed by atoms with Crippen molar-refractivity contribution in [3.8, 4) is 0 Å². The summed E-state index contributed by atoms with van der Waals surface area (Å²) in [6.45, 7) is 2.13. The van der Waals surface area contributed by atoms with E-state index in [1.165, 1.54) is 22.4 Å². The lowest BCUT2D eigenvalue weighted by atomic mass is 9.97. The minimum absolute atomic E-state index is 0.236. The van der Waals surface area contributed by atoms with Crippen molar-refractivity contribution < 1.29 is 0 Å². The molecule has 1 N–H and O–H groups in total. The van der Waals surface area contributed by atoms with Crippen molar-refractivity contribution >= 4 is 5.69 Å². The summed E-state index contributed by atoms with van der Waals surface area (Å²) < 4.78 is 0. The van der Waals surface area contributed by atoms with E-state index in [4.69, 9.17) is 0 Å². The fraction of sp³-hybridized carbons (Fsp3) is 0.294. The molecule has 1 unspecified atom stereocenters. The molecule has 0 saturated carbocycles. The predicted molar refractivity (Wildman–Crippen MR) is 82.9 cm³/mol. The Morgan fingerprint density at radius 3 is 2.16 bits per heavy atom. The van der Waals surface area contributed by atoms with Gasteiger partial charge in [0.15, 0.2) is 0 Å². The molecule has 0 fully saturated rings. The van der Waals surface area contributed by atoms with E-state index in [0.29, 0.717) is 0 Å². The van der Waals surface area contributed by atoms with Crippen LogP contribution in [0, 0.1) is 6.92 Å². The van der Waals surface area contributed by atoms with Gasteiger partial charge in [0.2, 0.25) is 0 Å². The second-order valence-electron chi connectivity index (χ2n) is 5.13. The summed E-state index contributed by atoms with van der Waals surface area (Å²) in [5.41, 5.74) is 5.12. The van der Waals surface area contributed by atoms with E-state index in [0.717, 1.165) is 0 Å². The SMILES string of the molecule is CNC(c1cccc(C)c1)c1cccc(N(C)C)c1. The highest BCUT2D eigenvalue weighted by Crippen LogP contribution is 2.25. The zero-order valence-corrected chi connectivity index (χ0v) is 12.1. The first-order valence-electron chi connectivity index (χ1n) is 6.63. The highest BCUT2D eigenvalue weighted by atomic mass is 15.1. The molecule has 2 rings (SSSR count). The molecule has 2 heteroatoms. The molecule has 19 heavy (non-hydrogen) atoms. The van der Waals surface area contributed by atoms with Crippen molar-refractivity contribution in [2.24, 2.45) is 0 Å². The van der Waals surface area contributed by atoms with Crippen LogP contribution in [0.4, 0.5) is 5.69 Å². The highest BCUT2D eigenvalue weighted by Gasteiger charge is 2.12. The summed E-state index contributed by atoms with van der Waals surface area (Å²) >= 11 is 0. The molecule has 1 atom stereocenters. The zero-order valence-electron chi connectivity index (χ0n) is 12.1. The highest BCUT2D eigenvalue weighted by molar-refractivity contribution is 5.49. The molecule has 0 aliphatic carbocycles. The van der Waals surface area contributed by atoms with Gasteiger partial charge >= 0.3 is 0 Å². The Morgan fingerprint density at radius 1 is 0.947 bits per heavy atom. The van der Waals surface area contributed by atoms with E-state index in [1.807, 2.05) is 7.05 Å². The fourth-order valence-electron chi connectivity index (χ4n) is 2.36. The van der Waals surface area contributed by atoms with Crippen molar-refractivity contribution in [3.05, 3.63) is 65.2 Å². The van der Waals surface area contributed by atoms with E-state index >= 15 is 0 Å². The van der Waals surface area contributed by atoms with Crippen LogP contribution in [-0.2, 0) is 0 Å². The molecule has 2 aromatic rings. The van der Waals surface area contributed by atoms with Crippen molar-refractivity contribution in [1.29, 1.82) is 0 Å². The van der Waals surface area contributed by atoms with Gasteiger partial charge in [0.1, 0.15) is 0 Å². The van der Waals surface area contributed by atoms with Crippen LogP contribution in [0.15, 0.2) is 48.5 Å². The van der Waals surface area contributed by atoms with Crippen LogP contribution in [-0.4, -0.2) is 21.1 Å². The first-order chi connectivity index (χ1) is 9.11. The van der Waals surface area contributed by atoms with E-state index < -0.39 is 0 Å². The molecule has 2 nitrogen and oxygen atoms in total. The summed E-state index contributed by atoms with van der Waals surface area (Å²) in [7, 11) is 6.15. The molecule has 0 aliphatic rings. The number of rotatable bonds is 4. The van der Waals surface area contributed by atoms with Crippen molar-refractivity contribution in [3.63, 3.8) is 0 Å². The monoisotopic (exact) mass is 254 g/mol. The number of nitrogens with zero attached hydrogens (tertiary/aromatic N) is 1. The van der Waals surface area contributed by atoms with Crippen molar-refractivity contribution in [2.45, 2.75) is 13.0 Å². The number of benzene rings is 2. The molecule has 100 valence electrons. The third-order valence-electron chi connectivity index (χ3n) is 3.38. The molecular formula is C17H22N2. The van der Waals surface area contributed by atoms with E-state index in [2.05, 4.69) is 79.8 Å². The van der Waals surface area contributed by atoms with E-state index in [9.17, 15) is 0 Å². The Morgan fingerprint density at radius 2 is 1.58 bits per heavy atom. The first kappa shape index (κ1) is 13.6. The van der Waals surface area contributed by atoms with Crippen LogP contribution in [0.25, 0.3) is 0 Å². The maximum absolute atomic E-state index is 3.41. The third-order valence-corrected chi connectivity index (χ3v) is 3.38. The molecule has 0 aliphatic heterocycles. The number of anilines is 1. The minimum atomic E-state index is 0.236. The first-order valence-corrected chi connectivity index (χ1v) is 6.63. The lowest BCUT2D eigenvalue weighted by Crippen LogP contribution is -2.18. The summed E-state index contributed by atoms with van der Waals surface area (Å²) in [4.78, 5) is 2.13. The summed E-state index contributed by atoms with van der Waals surface area (Å²) in [5, 5.41) is 3.41. The number of nitrogens with one attached hydrogen (secondary N) is 1. The summed E-state index contributed by atoms with van der Waals surface area (Å²) in [6, 6.07) is 17.6. The summed E-state index contributed by atoms with van der Waals surface area (Å²) in [6.07, 6.45) is 0. The Bertz CT molecular complexity index is 546. The van der Waals surface area contributed by atoms with Gasteiger partial charge in [-0.25, -0.2) is 0 Å². The largest absolute Gasteiger partial charge is 0.378 e. The van der Waals surface area contributed by atoms with Gasteiger partial charge < -0.3 is 10.2 Å². The molecule has 0 bridgehead atoms. The Labute approximate surface area is 116 Å². The topological polar surface area (TPSA) is 15.3 Å². The van der Waals surface area contributed by atoms with Crippen LogP contribution >= 0.6 is 0 Å². The van der Waals surface area contributed by atoms with Gasteiger partial charge in [-0.15, -0.1) is 0 Å². The standard InChI is InChI=1S/C17H22N2/c1-13-7-5-8-14(11-13)17(18-2)15-9-6-10-16(12-15)19(3)4/h5-12,17-18H,1-4H3. The van der Waals surface area contributed by atoms with Crippen LogP contribution < -0.4 is 10.2 Å². The Hall–Kier alpha value is -1.80. The lowest BCUT2D eigenvalue weighted by Gasteiger charge is -2.20. The van der Waals surface area contributed by atoms with Crippen LogP contribution in [0.1, 0.15) is 22.7 Å². The fourth-order valence-corrected chi connectivity index (χ4v) is 2.36. The average molecular weight is 254 g/mol. The van der Waals surface area contributed by atoms with Gasteiger partial charge in [-0.1, -0.05) is 42.0 Å². The molecule has 0 amide bonds. The molecule has 0 radical (unpaired) electrons. The average Bonchev–Trinajstić information content (AvgIpc) is 2.40. The van der Waals surface area contributed by atoms with Crippen LogP contribution in [0.3, 0.4) is 0 Å². The Balaban J connectivity index is 2.39. The maximum atomic E-state index is 3.41. The second-order valence-corrected chi connectivity index (χ2v) is 5.13. The molecule has 0 spiro atoms. The molecule has 0 aromatic heterocycles. The number of aryl methyl sites for hydroxylation is 1. The van der Waals surface area contributed by atoms with Gasteiger partial charge in [0, 0.05) is 19.8 Å². The van der Waals surface area contributed by atoms with Crippen LogP contribution in [0.2, 0.25) is 0 Å². The van der Waals surface area contributed by atoms with Crippen LogP contribution in [0.5, 0.6) is 0 Å². The molecular weight excluding hydrogens is 232 g/mol. The maximum Gasteiger partial charge on any atom is 0.0575 e. The van der Waals surface area contributed by atoms with E-state index in [-0.39, 0.29) is 6.04 Å². The Kier molecular flexibility index (Phi) is 4.23. The number of hydrogen-bond donors (Lipinski definition) is 1. The molecule has 0 heterocycles. The lowest BCUT2D eigenvalue weighted by molar-refractivity contribution is 0.691. The quantitative estimate of drug-likeness (QED) is 0.900. The van der Waals surface area contributed by atoms with Crippen molar-refractivity contribution in [1.82, 2.24) is 5.32 Å². The normalized spacial score (nSPS) is 12.2. The third kappa shape index (κ3) is 3.15. The molecule has 0 saturated heterocycles. The predicted octanol–water partition coefficient (Wildman–Crippen LogP) is 3.37. The van der Waals surface area contributed by atoms with Gasteiger partial charge in [-0.3, -0.25) is 0 Å². The van der Waals surface area contributed by atoms with Gasteiger partial charge in [0.25, 0.3) is 0 Å². The second kappa shape index (κ2) is 5.89. The minimum Gasteiger partial charge on any atom is -0.378 e. The zero-order chi connectivity index (χ0) is 13.8. The van der Waals surface area contributed by atoms with Gasteiger partial charge in [0.05, 0.1) is 6.04 Å². The van der Waals surface area contributed by atoms with Gasteiger partial charge in [-0.2, -0.15) is 0 Å². The molecule has 2 aromatic carbocycles. The summed E-state index contributed by atoms with van der Waals surface area (Å²) in [5.74, 6) is 0. The van der Waals surface area contributed by atoms with Crippen molar-refractivity contribution in [2.75, 3.05) is 26.0 Å². The van der Waals surface area contributed by atoms with E-state index in [1.54, 1.807) is 0 Å². The smallest absolute Gasteiger partial charge is 0.0575 e. The number of hydrogen-bond acceptors (Lipinski definition) is 2. The van der Waals surface area contributed by atoms with Gasteiger partial charge in [-0.05, 0) is 37.2 Å².